The first-order valence-electron chi connectivity index (χ1n) is 10.8. The number of quaternary nitrogens is 1. The summed E-state index contributed by atoms with van der Waals surface area (Å²) in [6, 6.07) is 0. The van der Waals surface area contributed by atoms with Crippen molar-refractivity contribution in [1.29, 1.82) is 0 Å². The average Bonchev–Trinajstić information content (AvgIpc) is 3.02. The summed E-state index contributed by atoms with van der Waals surface area (Å²) < 4.78 is 0.907. The van der Waals surface area contributed by atoms with Crippen LogP contribution in [0.3, 0.4) is 0 Å². The molecule has 3 nitrogen and oxygen atoms in total. The topological polar surface area (TPSA) is 32.3 Å². The normalized spacial score (nSPS) is 22.8. The minimum atomic E-state index is 0.270. The van der Waals surface area contributed by atoms with Crippen molar-refractivity contribution in [3.05, 3.63) is 24.6 Å². The largest absolute Gasteiger partial charge is 0.390 e. The lowest BCUT2D eigenvalue weighted by Gasteiger charge is -2.36. The first-order valence-corrected chi connectivity index (χ1v) is 10.8. The van der Waals surface area contributed by atoms with Crippen molar-refractivity contribution in [3.63, 3.8) is 0 Å². The summed E-state index contributed by atoms with van der Waals surface area (Å²) in [5.74, 6) is 0. The number of nitrogens with one attached hydrogen (secondary N) is 1. The molecule has 0 saturated heterocycles. The van der Waals surface area contributed by atoms with E-state index >= 15 is 0 Å². The molecule has 0 bridgehead atoms. The van der Waals surface area contributed by atoms with Gasteiger partial charge in [-0.1, -0.05) is 63.5 Å². The summed E-state index contributed by atoms with van der Waals surface area (Å²) in [6.45, 7) is 6.49. The molecule has 0 amide bonds. The van der Waals surface area contributed by atoms with Crippen molar-refractivity contribution < 1.29 is 9.59 Å². The molecular weight excluding hydrogens is 308 g/mol. The van der Waals surface area contributed by atoms with Gasteiger partial charge in [0.05, 0.1) is 19.4 Å². The Balaban J connectivity index is 1.93. The van der Waals surface area contributed by atoms with E-state index in [2.05, 4.69) is 43.7 Å². The van der Waals surface area contributed by atoms with Crippen LogP contribution in [0.4, 0.5) is 0 Å². The highest BCUT2D eigenvalue weighted by Crippen LogP contribution is 2.22. The molecule has 0 aromatic heterocycles. The third kappa shape index (κ3) is 8.91. The molecule has 0 spiro atoms. The van der Waals surface area contributed by atoms with Gasteiger partial charge in [-0.2, -0.15) is 0 Å². The lowest BCUT2D eigenvalue weighted by atomic mass is 10.0. The van der Waals surface area contributed by atoms with Crippen LogP contribution < -0.4 is 5.32 Å². The smallest absolute Gasteiger partial charge is 0.166 e. The Hall–Kier alpha value is -0.800. The molecule has 25 heavy (non-hydrogen) atoms. The number of unbranched alkanes of at least 4 members (excludes halogenated alkanes) is 10. The Morgan fingerprint density at radius 3 is 2.12 bits per heavy atom. The van der Waals surface area contributed by atoms with Crippen LogP contribution in [0.15, 0.2) is 24.6 Å². The zero-order valence-corrected chi connectivity index (χ0v) is 16.9. The molecule has 1 aliphatic heterocycles. The van der Waals surface area contributed by atoms with Gasteiger partial charge in [-0.05, 0) is 33.1 Å². The monoisotopic (exact) mass is 351 g/mol. The second-order valence-corrected chi connectivity index (χ2v) is 7.55. The van der Waals surface area contributed by atoms with E-state index in [9.17, 15) is 5.11 Å². The van der Waals surface area contributed by atoms with Crippen molar-refractivity contribution in [2.45, 2.75) is 97.1 Å². The molecule has 1 heterocycles. The number of nitrogens with zero attached hydrogens (tertiary/aromatic N) is 1. The first kappa shape index (κ1) is 22.2. The maximum absolute atomic E-state index is 9.34. The molecule has 0 fully saturated rings. The Kier molecular flexibility index (Phi) is 12.8. The van der Waals surface area contributed by atoms with Crippen LogP contribution >= 0.6 is 0 Å². The molecule has 2 atom stereocenters. The van der Waals surface area contributed by atoms with Gasteiger partial charge in [0.15, 0.2) is 6.17 Å². The number of hydrogen-bond acceptors (Lipinski definition) is 2. The lowest BCUT2D eigenvalue weighted by Crippen LogP contribution is -2.54. The number of rotatable bonds is 16. The zero-order valence-electron chi connectivity index (χ0n) is 16.9. The Labute approximate surface area is 156 Å². The molecule has 146 valence electrons. The van der Waals surface area contributed by atoms with E-state index in [0.717, 1.165) is 17.6 Å². The molecule has 0 saturated carbocycles. The predicted molar refractivity (Wildman–Crippen MR) is 109 cm³/mol. The van der Waals surface area contributed by atoms with Crippen molar-refractivity contribution in [2.24, 2.45) is 0 Å². The van der Waals surface area contributed by atoms with Crippen LogP contribution in [0.5, 0.6) is 0 Å². The van der Waals surface area contributed by atoms with E-state index in [0.29, 0.717) is 6.17 Å². The minimum Gasteiger partial charge on any atom is -0.390 e. The van der Waals surface area contributed by atoms with E-state index in [4.69, 9.17) is 0 Å². The van der Waals surface area contributed by atoms with Gasteiger partial charge in [-0.3, -0.25) is 4.48 Å². The van der Waals surface area contributed by atoms with Gasteiger partial charge in [-0.25, -0.2) is 0 Å². The molecule has 3 heteroatoms. The fourth-order valence-electron chi connectivity index (χ4n) is 3.98. The summed E-state index contributed by atoms with van der Waals surface area (Å²) in [5.41, 5.74) is 0. The molecule has 0 aliphatic carbocycles. The number of hydrogen-bond donors (Lipinski definition) is 2. The molecular formula is C22H43N2O+. The maximum Gasteiger partial charge on any atom is 0.166 e. The van der Waals surface area contributed by atoms with Gasteiger partial charge >= 0.3 is 0 Å². The summed E-state index contributed by atoms with van der Waals surface area (Å²) in [7, 11) is 0. The maximum atomic E-state index is 9.34. The standard InChI is InChI=1S/C22H43N2O/c1-3-5-6-7-8-9-10-11-12-13-14-15-16-17-22-23-18-19-24(22,4-2)20-21-25/h3,5,18-19,22-23,25H,4,6-17,20-21H2,1-2H3/q+1/b5-3+. The van der Waals surface area contributed by atoms with Gasteiger partial charge in [0, 0.05) is 6.42 Å². The van der Waals surface area contributed by atoms with Crippen LogP contribution in [0.1, 0.15) is 90.9 Å². The van der Waals surface area contributed by atoms with Gasteiger partial charge in [-0.15, -0.1) is 0 Å². The highest BCUT2D eigenvalue weighted by atomic mass is 16.3. The van der Waals surface area contributed by atoms with Crippen molar-refractivity contribution in [3.8, 4) is 0 Å². The second kappa shape index (κ2) is 14.4. The van der Waals surface area contributed by atoms with E-state index < -0.39 is 0 Å². The van der Waals surface area contributed by atoms with Crippen LogP contribution in [0, 0.1) is 0 Å². The predicted octanol–water partition coefficient (Wildman–Crippen LogP) is 5.47. The van der Waals surface area contributed by atoms with Gasteiger partial charge in [0.1, 0.15) is 12.7 Å². The van der Waals surface area contributed by atoms with Crippen molar-refractivity contribution in [1.82, 2.24) is 5.32 Å². The molecule has 0 aromatic carbocycles. The molecule has 0 aromatic rings. The van der Waals surface area contributed by atoms with Crippen molar-refractivity contribution >= 4 is 0 Å². The van der Waals surface area contributed by atoms with E-state index in [1.807, 2.05) is 0 Å². The van der Waals surface area contributed by atoms with Gasteiger partial charge in [0.25, 0.3) is 0 Å². The van der Waals surface area contributed by atoms with E-state index in [-0.39, 0.29) is 6.61 Å². The third-order valence-electron chi connectivity index (χ3n) is 5.72. The van der Waals surface area contributed by atoms with Gasteiger partial charge in [0.2, 0.25) is 0 Å². The summed E-state index contributed by atoms with van der Waals surface area (Å²) >= 11 is 0. The number of likely N-dealkylation sites (N-methyl/N-ethyl adjacent to an activating group) is 1. The fraction of sp³-hybridized carbons (Fsp3) is 0.818. The molecule has 0 radical (unpaired) electrons. The highest BCUT2D eigenvalue weighted by molar-refractivity contribution is 4.84. The van der Waals surface area contributed by atoms with E-state index in [1.54, 1.807) is 0 Å². The summed E-state index contributed by atoms with van der Waals surface area (Å²) in [4.78, 5) is 0. The number of allylic oxidation sites excluding steroid dienone is 2. The lowest BCUT2D eigenvalue weighted by molar-refractivity contribution is -0.900. The third-order valence-corrected chi connectivity index (χ3v) is 5.72. The second-order valence-electron chi connectivity index (χ2n) is 7.55. The number of aliphatic hydroxyl groups excluding tert-OH is 1. The van der Waals surface area contributed by atoms with E-state index in [1.165, 1.54) is 77.0 Å². The fourth-order valence-corrected chi connectivity index (χ4v) is 3.98. The summed E-state index contributed by atoms with van der Waals surface area (Å²) in [5, 5.41) is 12.8. The average molecular weight is 352 g/mol. The van der Waals surface area contributed by atoms with Gasteiger partial charge < -0.3 is 10.4 Å². The Bertz CT molecular complexity index is 367. The Morgan fingerprint density at radius 1 is 0.960 bits per heavy atom. The van der Waals surface area contributed by atoms with Crippen LogP contribution in [-0.4, -0.2) is 35.5 Å². The molecule has 2 unspecified atom stereocenters. The quantitative estimate of drug-likeness (QED) is 0.219. The summed E-state index contributed by atoms with van der Waals surface area (Å²) in [6.07, 6.45) is 25.6. The SMILES string of the molecule is C/C=C/CCCCCCCCCCCCC1NC=C[N+]1(CC)CCO. The zero-order chi connectivity index (χ0) is 18.2. The highest BCUT2D eigenvalue weighted by Gasteiger charge is 2.35. The molecule has 2 N–H and O–H groups in total. The minimum absolute atomic E-state index is 0.270. The molecule has 1 rings (SSSR count). The first-order chi connectivity index (χ1) is 12.3. The van der Waals surface area contributed by atoms with Crippen LogP contribution in [0.2, 0.25) is 0 Å². The number of aliphatic hydroxyl groups is 1. The van der Waals surface area contributed by atoms with Crippen LogP contribution in [0.25, 0.3) is 0 Å². The Morgan fingerprint density at radius 2 is 1.56 bits per heavy atom. The van der Waals surface area contributed by atoms with Crippen LogP contribution in [-0.2, 0) is 0 Å². The molecule has 1 aliphatic rings. The van der Waals surface area contributed by atoms with Crippen molar-refractivity contribution in [2.75, 3.05) is 19.7 Å².